The summed E-state index contributed by atoms with van der Waals surface area (Å²) in [6.45, 7) is 5.68. The number of hydrogen-bond acceptors (Lipinski definition) is 3. The smallest absolute Gasteiger partial charge is 0.319 e. The first kappa shape index (κ1) is 18.5. The quantitative estimate of drug-likeness (QED) is 0.775. The van der Waals surface area contributed by atoms with Crippen molar-refractivity contribution in [2.45, 2.75) is 26.8 Å². The molecular formula is C21H23N3O3. The molecule has 0 aliphatic carbocycles. The Morgan fingerprint density at radius 3 is 2.59 bits per heavy atom. The number of carbonyl (C=O) groups is 2. The van der Waals surface area contributed by atoms with Gasteiger partial charge in [0, 0.05) is 5.70 Å². The third-order valence-corrected chi connectivity index (χ3v) is 4.61. The van der Waals surface area contributed by atoms with Crippen LogP contribution in [-0.4, -0.2) is 19.0 Å². The molecule has 0 spiro atoms. The van der Waals surface area contributed by atoms with Crippen molar-refractivity contribution in [1.29, 1.82) is 0 Å². The van der Waals surface area contributed by atoms with Gasteiger partial charge in [0.2, 0.25) is 0 Å². The van der Waals surface area contributed by atoms with Gasteiger partial charge in [-0.25, -0.2) is 4.79 Å². The summed E-state index contributed by atoms with van der Waals surface area (Å²) in [6.07, 6.45) is 0. The molecule has 0 bridgehead atoms. The third kappa shape index (κ3) is 3.79. The monoisotopic (exact) mass is 365 g/mol. The van der Waals surface area contributed by atoms with E-state index in [9.17, 15) is 9.59 Å². The molecule has 3 N–H and O–H groups in total. The standard InChI is InChI=1S/C21H23N3O3/c1-12-9-10-13(2)15(11-12)19-18(14(3)22-21(26)24-19)20(25)23-16-7-5-6-8-17(16)27-4/h5-11,19H,1-4H3,(H,23,25)(H2,22,24,26)/t19-/m0/s1. The Morgan fingerprint density at radius 2 is 1.85 bits per heavy atom. The SMILES string of the molecule is COc1ccccc1NC(=O)C1=C(C)NC(=O)N[C@H]1c1cc(C)ccc1C. The number of hydrogen-bond donors (Lipinski definition) is 3. The van der Waals surface area contributed by atoms with Gasteiger partial charge in [0.1, 0.15) is 5.75 Å². The van der Waals surface area contributed by atoms with Crippen LogP contribution in [0.15, 0.2) is 53.7 Å². The van der Waals surface area contributed by atoms with Crippen molar-refractivity contribution in [2.75, 3.05) is 12.4 Å². The predicted molar refractivity (Wildman–Crippen MR) is 105 cm³/mol. The number of methoxy groups -OCH3 is 1. The normalized spacial score (nSPS) is 16.4. The Morgan fingerprint density at radius 1 is 1.11 bits per heavy atom. The fourth-order valence-electron chi connectivity index (χ4n) is 3.24. The summed E-state index contributed by atoms with van der Waals surface area (Å²) >= 11 is 0. The fourth-order valence-corrected chi connectivity index (χ4v) is 3.24. The molecule has 1 heterocycles. The summed E-state index contributed by atoms with van der Waals surface area (Å²) in [5.74, 6) is 0.274. The van der Waals surface area contributed by atoms with E-state index in [1.807, 2.05) is 44.2 Å². The number of allylic oxidation sites excluding steroid dienone is 1. The first-order valence-electron chi connectivity index (χ1n) is 8.70. The molecule has 27 heavy (non-hydrogen) atoms. The molecule has 6 heteroatoms. The van der Waals surface area contributed by atoms with Crippen LogP contribution in [0.25, 0.3) is 0 Å². The zero-order chi connectivity index (χ0) is 19.6. The number of benzene rings is 2. The van der Waals surface area contributed by atoms with Crippen molar-refractivity contribution in [3.8, 4) is 5.75 Å². The van der Waals surface area contributed by atoms with Gasteiger partial charge in [-0.3, -0.25) is 4.79 Å². The van der Waals surface area contributed by atoms with Gasteiger partial charge in [0.15, 0.2) is 0 Å². The lowest BCUT2D eigenvalue weighted by atomic mass is 9.90. The van der Waals surface area contributed by atoms with E-state index >= 15 is 0 Å². The van der Waals surface area contributed by atoms with E-state index < -0.39 is 6.04 Å². The Bertz CT molecular complexity index is 934. The van der Waals surface area contributed by atoms with Crippen LogP contribution in [0.3, 0.4) is 0 Å². The largest absolute Gasteiger partial charge is 0.495 e. The number of anilines is 1. The second-order valence-electron chi connectivity index (χ2n) is 6.58. The Kier molecular flexibility index (Phi) is 5.16. The molecule has 2 aromatic carbocycles. The molecule has 0 aromatic heterocycles. The zero-order valence-corrected chi connectivity index (χ0v) is 15.8. The number of carbonyl (C=O) groups excluding carboxylic acids is 2. The van der Waals surface area contributed by atoms with Crippen LogP contribution in [0.2, 0.25) is 0 Å². The molecular weight excluding hydrogens is 342 g/mol. The van der Waals surface area contributed by atoms with Gasteiger partial charge < -0.3 is 20.7 Å². The fraction of sp³-hybridized carbons (Fsp3) is 0.238. The predicted octanol–water partition coefficient (Wildman–Crippen LogP) is 3.58. The van der Waals surface area contributed by atoms with Crippen molar-refractivity contribution >= 4 is 17.6 Å². The molecule has 0 saturated carbocycles. The molecule has 1 aliphatic heterocycles. The van der Waals surface area contributed by atoms with E-state index in [0.29, 0.717) is 22.7 Å². The molecule has 0 saturated heterocycles. The van der Waals surface area contributed by atoms with Crippen LogP contribution < -0.4 is 20.7 Å². The second kappa shape index (κ2) is 7.53. The number of para-hydroxylation sites is 2. The van der Waals surface area contributed by atoms with E-state index in [0.717, 1.165) is 16.7 Å². The third-order valence-electron chi connectivity index (χ3n) is 4.61. The minimum Gasteiger partial charge on any atom is -0.495 e. The lowest BCUT2D eigenvalue weighted by Gasteiger charge is -2.30. The molecule has 3 rings (SSSR count). The number of urea groups is 1. The molecule has 0 fully saturated rings. The van der Waals surface area contributed by atoms with Crippen LogP contribution in [0.5, 0.6) is 5.75 Å². The van der Waals surface area contributed by atoms with Crippen LogP contribution in [0.4, 0.5) is 10.5 Å². The summed E-state index contributed by atoms with van der Waals surface area (Å²) in [6, 6.07) is 12.3. The number of nitrogens with one attached hydrogen (secondary N) is 3. The number of ether oxygens (including phenoxy) is 1. The number of amides is 3. The topological polar surface area (TPSA) is 79.5 Å². The highest BCUT2D eigenvalue weighted by Gasteiger charge is 2.32. The number of aryl methyl sites for hydroxylation is 2. The highest BCUT2D eigenvalue weighted by Crippen LogP contribution is 2.31. The van der Waals surface area contributed by atoms with Crippen molar-refractivity contribution in [2.24, 2.45) is 0 Å². The van der Waals surface area contributed by atoms with Crippen LogP contribution >= 0.6 is 0 Å². The summed E-state index contributed by atoms with van der Waals surface area (Å²) in [5.41, 5.74) is 4.52. The summed E-state index contributed by atoms with van der Waals surface area (Å²) in [5, 5.41) is 8.47. The maximum atomic E-state index is 13.1. The highest BCUT2D eigenvalue weighted by molar-refractivity contribution is 6.07. The van der Waals surface area contributed by atoms with Crippen molar-refractivity contribution in [3.05, 3.63) is 70.4 Å². The van der Waals surface area contributed by atoms with Gasteiger partial charge in [0.05, 0.1) is 24.4 Å². The first-order chi connectivity index (χ1) is 12.9. The average Bonchev–Trinajstić information content (AvgIpc) is 2.63. The van der Waals surface area contributed by atoms with E-state index in [-0.39, 0.29) is 11.9 Å². The summed E-state index contributed by atoms with van der Waals surface area (Å²) in [7, 11) is 1.55. The van der Waals surface area contributed by atoms with Gasteiger partial charge in [-0.15, -0.1) is 0 Å². The van der Waals surface area contributed by atoms with Gasteiger partial charge in [-0.1, -0.05) is 35.9 Å². The van der Waals surface area contributed by atoms with Crippen molar-refractivity contribution < 1.29 is 14.3 Å². The van der Waals surface area contributed by atoms with Gasteiger partial charge in [0.25, 0.3) is 5.91 Å². The van der Waals surface area contributed by atoms with Gasteiger partial charge >= 0.3 is 6.03 Å². The van der Waals surface area contributed by atoms with Crippen LogP contribution in [-0.2, 0) is 4.79 Å². The summed E-state index contributed by atoms with van der Waals surface area (Å²) < 4.78 is 5.31. The molecule has 3 amide bonds. The molecule has 0 radical (unpaired) electrons. The Balaban J connectivity index is 2.01. The van der Waals surface area contributed by atoms with Crippen LogP contribution in [0.1, 0.15) is 29.7 Å². The molecule has 6 nitrogen and oxygen atoms in total. The lowest BCUT2D eigenvalue weighted by Crippen LogP contribution is -2.46. The van der Waals surface area contributed by atoms with E-state index in [4.69, 9.17) is 4.74 Å². The van der Waals surface area contributed by atoms with E-state index in [1.54, 1.807) is 26.2 Å². The van der Waals surface area contributed by atoms with Crippen molar-refractivity contribution in [1.82, 2.24) is 10.6 Å². The lowest BCUT2D eigenvalue weighted by molar-refractivity contribution is -0.113. The van der Waals surface area contributed by atoms with E-state index in [1.165, 1.54) is 0 Å². The maximum absolute atomic E-state index is 13.1. The minimum absolute atomic E-state index is 0.296. The van der Waals surface area contributed by atoms with Gasteiger partial charge in [-0.05, 0) is 44.0 Å². The second-order valence-corrected chi connectivity index (χ2v) is 6.58. The molecule has 140 valence electrons. The average molecular weight is 365 g/mol. The minimum atomic E-state index is -0.534. The zero-order valence-electron chi connectivity index (χ0n) is 15.8. The Hall–Kier alpha value is -3.28. The molecule has 0 unspecified atom stereocenters. The first-order valence-corrected chi connectivity index (χ1v) is 8.70. The molecule has 1 aliphatic rings. The van der Waals surface area contributed by atoms with Crippen molar-refractivity contribution in [3.63, 3.8) is 0 Å². The molecule has 1 atom stereocenters. The molecule has 2 aromatic rings. The van der Waals surface area contributed by atoms with Gasteiger partial charge in [-0.2, -0.15) is 0 Å². The summed E-state index contributed by atoms with van der Waals surface area (Å²) in [4.78, 5) is 25.2. The maximum Gasteiger partial charge on any atom is 0.319 e. The number of rotatable bonds is 4. The Labute approximate surface area is 158 Å². The highest BCUT2D eigenvalue weighted by atomic mass is 16.5. The van der Waals surface area contributed by atoms with Crippen LogP contribution in [0, 0.1) is 13.8 Å². The van der Waals surface area contributed by atoms with E-state index in [2.05, 4.69) is 16.0 Å².